The summed E-state index contributed by atoms with van der Waals surface area (Å²) < 4.78 is 87.3. The molecule has 0 aromatic carbocycles. The molecular weight excluding hydrogens is 424 g/mol. The number of halogens is 6. The second-order valence-corrected chi connectivity index (χ2v) is 7.60. The van der Waals surface area contributed by atoms with E-state index in [1.807, 2.05) is 0 Å². The molecule has 1 N–H and O–H groups in total. The molecule has 30 heavy (non-hydrogen) atoms. The molecule has 1 aromatic rings. The highest BCUT2D eigenvalue weighted by molar-refractivity contribution is 5.68. The Bertz CT molecular complexity index is 743. The monoisotopic (exact) mass is 445 g/mol. The number of likely N-dealkylation sites (tertiary alicyclic amines) is 1. The molecule has 1 amide bonds. The highest BCUT2D eigenvalue weighted by Crippen LogP contribution is 2.39. The van der Waals surface area contributed by atoms with Gasteiger partial charge in [-0.2, -0.15) is 31.4 Å². The summed E-state index contributed by atoms with van der Waals surface area (Å²) in [6, 6.07) is 0. The van der Waals surface area contributed by atoms with Gasteiger partial charge in [0.05, 0.1) is 30.6 Å². The van der Waals surface area contributed by atoms with Crippen molar-refractivity contribution in [2.75, 3.05) is 26.3 Å². The van der Waals surface area contributed by atoms with Crippen LogP contribution in [0.1, 0.15) is 24.8 Å². The molecule has 13 heteroatoms. The van der Waals surface area contributed by atoms with Crippen LogP contribution in [0.3, 0.4) is 0 Å². The van der Waals surface area contributed by atoms with Gasteiger partial charge in [0, 0.05) is 31.7 Å². The fourth-order valence-corrected chi connectivity index (χ4v) is 3.78. The van der Waals surface area contributed by atoms with Crippen molar-refractivity contribution >= 4 is 6.09 Å². The predicted molar refractivity (Wildman–Crippen MR) is 88.2 cm³/mol. The molecule has 1 aromatic heterocycles. The van der Waals surface area contributed by atoms with Crippen molar-refractivity contribution < 1.29 is 45.7 Å². The van der Waals surface area contributed by atoms with Gasteiger partial charge in [0.15, 0.2) is 0 Å². The second-order valence-electron chi connectivity index (χ2n) is 7.60. The first kappa shape index (κ1) is 22.7. The Morgan fingerprint density at radius 3 is 2.50 bits per heavy atom. The lowest BCUT2D eigenvalue weighted by atomic mass is 9.85. The van der Waals surface area contributed by atoms with Crippen molar-refractivity contribution in [3.05, 3.63) is 18.0 Å². The fraction of sp³-hybridized carbons (Fsp3) is 0.765. The van der Waals surface area contributed by atoms with Crippen LogP contribution in [-0.2, 0) is 22.2 Å². The van der Waals surface area contributed by atoms with E-state index < -0.39 is 42.3 Å². The average Bonchev–Trinajstić information content (AvgIpc) is 3.27. The molecule has 0 aliphatic carbocycles. The molecule has 2 fully saturated rings. The smallest absolute Gasteiger partial charge is 0.427 e. The molecular formula is C17H21F6N3O4. The molecule has 0 radical (unpaired) electrons. The minimum absolute atomic E-state index is 0.0755. The first-order chi connectivity index (χ1) is 13.9. The van der Waals surface area contributed by atoms with Crippen molar-refractivity contribution in [1.29, 1.82) is 0 Å². The van der Waals surface area contributed by atoms with Crippen LogP contribution in [-0.4, -0.2) is 70.1 Å². The second kappa shape index (κ2) is 8.25. The first-order valence-electron chi connectivity index (χ1n) is 9.29. The largest absolute Gasteiger partial charge is 0.434 e. The van der Waals surface area contributed by atoms with E-state index in [-0.39, 0.29) is 25.6 Å². The lowest BCUT2D eigenvalue weighted by molar-refractivity contribution is -0.215. The number of carbonyl (C=O) groups is 1. The van der Waals surface area contributed by atoms with Crippen LogP contribution < -0.4 is 0 Å². The summed E-state index contributed by atoms with van der Waals surface area (Å²) in [6.07, 6.45) is -10.1. The third-order valence-electron chi connectivity index (χ3n) is 5.40. The maximum absolute atomic E-state index is 12.7. The van der Waals surface area contributed by atoms with Gasteiger partial charge >= 0.3 is 18.4 Å². The van der Waals surface area contributed by atoms with E-state index in [0.717, 1.165) is 17.3 Å². The summed E-state index contributed by atoms with van der Waals surface area (Å²) in [6.45, 7) is -0.579. The van der Waals surface area contributed by atoms with Crippen LogP contribution >= 0.6 is 0 Å². The van der Waals surface area contributed by atoms with Gasteiger partial charge in [-0.25, -0.2) is 4.79 Å². The van der Waals surface area contributed by atoms with E-state index in [2.05, 4.69) is 9.84 Å². The van der Waals surface area contributed by atoms with Crippen molar-refractivity contribution in [3.8, 4) is 0 Å². The minimum Gasteiger partial charge on any atom is -0.434 e. The Labute approximate surface area is 167 Å². The number of ether oxygens (including phenoxy) is 2. The molecule has 2 aliphatic heterocycles. The third-order valence-corrected chi connectivity index (χ3v) is 5.40. The molecule has 2 atom stereocenters. The van der Waals surface area contributed by atoms with E-state index in [0.29, 0.717) is 25.9 Å². The number of carbonyl (C=O) groups excluding carboxylic acids is 1. The number of piperidine rings is 1. The Balaban J connectivity index is 1.50. The summed E-state index contributed by atoms with van der Waals surface area (Å²) in [4.78, 5) is 13.1. The summed E-state index contributed by atoms with van der Waals surface area (Å²) in [5.41, 5.74) is -1.41. The molecule has 0 saturated carbocycles. The molecule has 3 rings (SSSR count). The summed E-state index contributed by atoms with van der Waals surface area (Å²) >= 11 is 0. The topological polar surface area (TPSA) is 76.8 Å². The van der Waals surface area contributed by atoms with Gasteiger partial charge in [-0.1, -0.05) is 0 Å². The predicted octanol–water partition coefficient (Wildman–Crippen LogP) is 2.83. The number of alkyl halides is 6. The number of aliphatic hydroxyl groups excluding tert-OH is 1. The van der Waals surface area contributed by atoms with Crippen LogP contribution in [0.5, 0.6) is 0 Å². The summed E-state index contributed by atoms with van der Waals surface area (Å²) in [5, 5.41) is 12.5. The zero-order chi connectivity index (χ0) is 22.2. The van der Waals surface area contributed by atoms with E-state index in [1.165, 1.54) is 4.68 Å². The van der Waals surface area contributed by atoms with Crippen molar-refractivity contribution in [2.24, 2.45) is 5.92 Å². The number of hydrogen-bond donors (Lipinski definition) is 1. The third kappa shape index (κ3) is 5.17. The normalized spacial score (nSPS) is 23.0. The van der Waals surface area contributed by atoms with Gasteiger partial charge in [0.2, 0.25) is 6.10 Å². The van der Waals surface area contributed by atoms with Gasteiger partial charge in [-0.05, 0) is 19.3 Å². The summed E-state index contributed by atoms with van der Waals surface area (Å²) in [5.74, 6) is -0.0755. The van der Waals surface area contributed by atoms with Crippen LogP contribution in [0.15, 0.2) is 12.4 Å². The Morgan fingerprint density at radius 1 is 1.30 bits per heavy atom. The SMILES string of the molecule is O=C(OC(CO)C(F)(F)F)N1CCC2(CC1)CC(Cn1cc(C(F)(F)F)cn1)CO2. The zero-order valence-electron chi connectivity index (χ0n) is 15.7. The average molecular weight is 445 g/mol. The van der Waals surface area contributed by atoms with E-state index in [9.17, 15) is 31.1 Å². The molecule has 170 valence electrons. The minimum atomic E-state index is -4.86. The number of amides is 1. The van der Waals surface area contributed by atoms with Gasteiger partial charge in [0.25, 0.3) is 0 Å². The lowest BCUT2D eigenvalue weighted by Crippen LogP contribution is -2.49. The van der Waals surface area contributed by atoms with Crippen LogP contribution in [0.2, 0.25) is 0 Å². The molecule has 7 nitrogen and oxygen atoms in total. The number of nitrogens with zero attached hydrogens (tertiary/aromatic N) is 3. The molecule has 2 aliphatic rings. The number of rotatable bonds is 4. The van der Waals surface area contributed by atoms with E-state index in [1.54, 1.807) is 0 Å². The number of aliphatic hydroxyl groups is 1. The van der Waals surface area contributed by atoms with Gasteiger partial charge in [-0.15, -0.1) is 0 Å². The highest BCUT2D eigenvalue weighted by atomic mass is 19.4. The quantitative estimate of drug-likeness (QED) is 0.722. The Hall–Kier alpha value is -2.02. The van der Waals surface area contributed by atoms with Crippen molar-refractivity contribution in [3.63, 3.8) is 0 Å². The van der Waals surface area contributed by atoms with Crippen molar-refractivity contribution in [1.82, 2.24) is 14.7 Å². The van der Waals surface area contributed by atoms with E-state index >= 15 is 0 Å². The molecule has 2 saturated heterocycles. The summed E-state index contributed by atoms with van der Waals surface area (Å²) in [7, 11) is 0. The van der Waals surface area contributed by atoms with Gasteiger partial charge < -0.3 is 19.5 Å². The molecule has 2 unspecified atom stereocenters. The van der Waals surface area contributed by atoms with Gasteiger partial charge in [-0.3, -0.25) is 4.68 Å². The maximum Gasteiger partial charge on any atom is 0.427 e. The Kier molecular flexibility index (Phi) is 6.23. The first-order valence-corrected chi connectivity index (χ1v) is 9.29. The van der Waals surface area contributed by atoms with Crippen LogP contribution in [0.4, 0.5) is 31.1 Å². The maximum atomic E-state index is 12.7. The van der Waals surface area contributed by atoms with Crippen LogP contribution in [0, 0.1) is 5.92 Å². The molecule has 1 spiro atoms. The van der Waals surface area contributed by atoms with Crippen LogP contribution in [0.25, 0.3) is 0 Å². The van der Waals surface area contributed by atoms with Crippen molar-refractivity contribution in [2.45, 2.75) is 49.9 Å². The van der Waals surface area contributed by atoms with Gasteiger partial charge in [0.1, 0.15) is 0 Å². The standard InChI is InChI=1S/C17H21F6N3O4/c18-16(19,20)12-6-24-26(8-12)7-11-5-15(29-10-11)1-3-25(4-2-15)14(28)30-13(9-27)17(21,22)23/h6,8,11,13,27H,1-5,7,9-10H2. The lowest BCUT2D eigenvalue weighted by Gasteiger charge is -2.38. The fourth-order valence-electron chi connectivity index (χ4n) is 3.78. The highest BCUT2D eigenvalue weighted by Gasteiger charge is 2.46. The number of hydrogen-bond acceptors (Lipinski definition) is 5. The zero-order valence-corrected chi connectivity index (χ0v) is 15.7. The molecule has 3 heterocycles. The molecule has 0 bridgehead atoms. The number of aromatic nitrogens is 2. The Morgan fingerprint density at radius 2 is 1.97 bits per heavy atom. The van der Waals surface area contributed by atoms with E-state index in [4.69, 9.17) is 9.84 Å².